The fourth-order valence-corrected chi connectivity index (χ4v) is 2.87. The smallest absolute Gasteiger partial charge is 0.379 e. The van der Waals surface area contributed by atoms with Crippen LogP contribution in [0.15, 0.2) is 0 Å². The number of hydrogen-bond donors (Lipinski definition) is 1. The molecule has 0 aliphatic heterocycles. The minimum Gasteiger partial charge on any atom is -0.379 e. The lowest BCUT2D eigenvalue weighted by atomic mass is 9.89. The average Bonchev–Trinajstić information content (AvgIpc) is 2.66. The topological polar surface area (TPSA) is 38.3 Å². The van der Waals surface area contributed by atoms with Crippen LogP contribution >= 0.6 is 0 Å². The molecule has 1 fully saturated rings. The number of amides is 1. The van der Waals surface area contributed by atoms with Crippen molar-refractivity contribution in [1.29, 1.82) is 0 Å². The maximum atomic E-state index is 13.7. The van der Waals surface area contributed by atoms with Crippen LogP contribution in [-0.2, 0) is 4.74 Å². The zero-order valence-electron chi connectivity index (χ0n) is 17.0. The predicted molar refractivity (Wildman–Crippen MR) is 81.7 cm³/mol. The Morgan fingerprint density at radius 1 is 0.600 bits per heavy atom. The van der Waals surface area contributed by atoms with Crippen LogP contribution in [0, 0.1) is 0 Å². The van der Waals surface area contributed by atoms with Crippen LogP contribution in [0.3, 0.4) is 0 Å². The summed E-state index contributed by atoms with van der Waals surface area (Å²) in [6.07, 6.45) is -8.34. The molecule has 0 aromatic heterocycles. The highest BCUT2D eigenvalue weighted by Crippen LogP contribution is 2.63. The van der Waals surface area contributed by atoms with Gasteiger partial charge in [-0.1, -0.05) is 19.3 Å². The number of rotatable bonds is 9. The monoisotopic (exact) mass is 557 g/mol. The number of ether oxygens (including phenoxy) is 1. The lowest BCUT2D eigenvalue weighted by Gasteiger charge is -2.42. The SMILES string of the molecule is CC(F)(F)C(F)(F)C(F)(F)C(F)(F)C(F)(F)C(F)(F)C(F)(F)C(F)(F)OC(=O)NC1CCCCC1. The van der Waals surface area contributed by atoms with Gasteiger partial charge in [-0.3, -0.25) is 0 Å². The van der Waals surface area contributed by atoms with Crippen LogP contribution in [0.5, 0.6) is 0 Å². The third-order valence-electron chi connectivity index (χ3n) is 5.04. The maximum absolute atomic E-state index is 13.7. The quantitative estimate of drug-likeness (QED) is 0.307. The van der Waals surface area contributed by atoms with Gasteiger partial charge in [0, 0.05) is 13.0 Å². The Bertz CT molecular complexity index is 770. The Morgan fingerprint density at radius 3 is 1.31 bits per heavy atom. The molecular formula is C16H15F16NO2. The molecule has 0 aromatic carbocycles. The van der Waals surface area contributed by atoms with Crippen molar-refractivity contribution < 1.29 is 79.8 Å². The molecule has 0 bridgehead atoms. The summed E-state index contributed by atoms with van der Waals surface area (Å²) >= 11 is 0. The average molecular weight is 557 g/mol. The Labute approximate surface area is 185 Å². The number of hydrogen-bond acceptors (Lipinski definition) is 2. The van der Waals surface area contributed by atoms with Crippen LogP contribution in [-0.4, -0.2) is 59.7 Å². The molecule has 208 valence electrons. The lowest BCUT2D eigenvalue weighted by Crippen LogP contribution is -2.74. The largest absolute Gasteiger partial charge is 0.474 e. The predicted octanol–water partition coefficient (Wildman–Crippen LogP) is 7.11. The molecule has 1 N–H and O–H groups in total. The highest BCUT2D eigenvalue weighted by molar-refractivity contribution is 5.68. The summed E-state index contributed by atoms with van der Waals surface area (Å²) in [5.74, 6) is -55.5. The summed E-state index contributed by atoms with van der Waals surface area (Å²) in [5, 5.41) is 1.47. The molecule has 0 unspecified atom stereocenters. The Morgan fingerprint density at radius 2 is 0.943 bits per heavy atom. The first-order valence-corrected chi connectivity index (χ1v) is 9.24. The molecule has 3 nitrogen and oxygen atoms in total. The molecule has 1 aliphatic carbocycles. The molecule has 0 aromatic rings. The minimum atomic E-state index is -8.55. The number of carbonyl (C=O) groups excluding carboxylic acids is 1. The summed E-state index contributed by atoms with van der Waals surface area (Å²) in [6, 6.07) is -1.04. The second kappa shape index (κ2) is 8.92. The van der Waals surface area contributed by atoms with E-state index in [1.165, 1.54) is 5.32 Å². The van der Waals surface area contributed by atoms with E-state index in [-0.39, 0.29) is 12.8 Å². The maximum Gasteiger partial charge on any atom is 0.474 e. The van der Waals surface area contributed by atoms with Crippen molar-refractivity contribution >= 4 is 6.09 Å². The van der Waals surface area contributed by atoms with E-state index < -0.39 is 66.6 Å². The summed E-state index contributed by atoms with van der Waals surface area (Å²) in [5.41, 5.74) is 0. The van der Waals surface area contributed by atoms with E-state index in [4.69, 9.17) is 0 Å². The number of alkyl carbamates (subject to hydrolysis) is 1. The van der Waals surface area contributed by atoms with Gasteiger partial charge in [-0.25, -0.2) is 4.79 Å². The molecule has 35 heavy (non-hydrogen) atoms. The van der Waals surface area contributed by atoms with E-state index in [0.717, 1.165) is 0 Å². The van der Waals surface area contributed by atoms with Crippen molar-refractivity contribution in [2.75, 3.05) is 0 Å². The van der Waals surface area contributed by atoms with Crippen LogP contribution < -0.4 is 5.32 Å². The normalized spacial score (nSPS) is 18.4. The highest BCUT2D eigenvalue weighted by atomic mass is 19.4. The van der Waals surface area contributed by atoms with Crippen LogP contribution in [0.4, 0.5) is 75.0 Å². The van der Waals surface area contributed by atoms with E-state index in [0.29, 0.717) is 19.3 Å². The fourth-order valence-electron chi connectivity index (χ4n) is 2.87. The van der Waals surface area contributed by atoms with Gasteiger partial charge in [0.2, 0.25) is 0 Å². The second-order valence-electron chi connectivity index (χ2n) is 7.72. The number of halogens is 16. The van der Waals surface area contributed by atoms with Crippen molar-refractivity contribution in [3.63, 3.8) is 0 Å². The number of carbonyl (C=O) groups is 1. The molecule has 1 rings (SSSR count). The highest BCUT2D eigenvalue weighted by Gasteiger charge is 2.95. The molecule has 0 saturated heterocycles. The second-order valence-corrected chi connectivity index (χ2v) is 7.72. The van der Waals surface area contributed by atoms with Gasteiger partial charge in [0.05, 0.1) is 0 Å². The third-order valence-corrected chi connectivity index (χ3v) is 5.04. The van der Waals surface area contributed by atoms with Crippen molar-refractivity contribution in [2.45, 2.75) is 92.6 Å². The van der Waals surface area contributed by atoms with Gasteiger partial charge in [-0.05, 0) is 12.8 Å². The van der Waals surface area contributed by atoms with E-state index >= 15 is 0 Å². The zero-order valence-corrected chi connectivity index (χ0v) is 17.0. The van der Waals surface area contributed by atoms with Gasteiger partial charge < -0.3 is 10.1 Å². The van der Waals surface area contributed by atoms with Crippen LogP contribution in [0.2, 0.25) is 0 Å². The summed E-state index contributed by atoms with van der Waals surface area (Å²) < 4.78 is 217. The molecule has 1 saturated carbocycles. The first-order chi connectivity index (χ1) is 15.2. The van der Waals surface area contributed by atoms with Gasteiger partial charge in [0.15, 0.2) is 0 Å². The van der Waals surface area contributed by atoms with E-state index in [9.17, 15) is 75.0 Å². The van der Waals surface area contributed by atoms with E-state index in [1.807, 2.05) is 0 Å². The molecule has 0 atom stereocenters. The molecule has 0 radical (unpaired) electrons. The molecule has 19 heteroatoms. The fraction of sp³-hybridized carbons (Fsp3) is 0.938. The standard InChI is InChI=1S/C16H15F16NO2/c1-9(17,18)10(19,20)11(21,22)12(23,24)13(25,26)14(27,28)15(29,30)16(31,32)35-8(34)33-7-5-3-2-4-6-7/h7H,2-6H2,1H3,(H,33,34). The van der Waals surface area contributed by atoms with Crippen molar-refractivity contribution in [3.05, 3.63) is 0 Å². The third kappa shape index (κ3) is 4.79. The van der Waals surface area contributed by atoms with E-state index in [2.05, 4.69) is 4.74 Å². The molecule has 0 spiro atoms. The van der Waals surface area contributed by atoms with Crippen LogP contribution in [0.1, 0.15) is 39.0 Å². The molecule has 1 amide bonds. The zero-order chi connectivity index (χ0) is 28.1. The Kier molecular flexibility index (Phi) is 7.94. The van der Waals surface area contributed by atoms with E-state index in [1.54, 1.807) is 0 Å². The summed E-state index contributed by atoms with van der Waals surface area (Å²) in [7, 11) is 0. The van der Waals surface area contributed by atoms with Gasteiger partial charge in [0.1, 0.15) is 0 Å². The van der Waals surface area contributed by atoms with Gasteiger partial charge in [-0.2, -0.15) is 70.2 Å². The first kappa shape index (κ1) is 31.2. The van der Waals surface area contributed by atoms with Crippen molar-refractivity contribution in [3.8, 4) is 0 Å². The molecular weight excluding hydrogens is 542 g/mol. The summed E-state index contributed by atoms with van der Waals surface area (Å²) in [6.45, 7) is -1.23. The minimum absolute atomic E-state index is 0.0445. The van der Waals surface area contributed by atoms with Gasteiger partial charge in [0.25, 0.3) is 0 Å². The van der Waals surface area contributed by atoms with Gasteiger partial charge in [-0.15, -0.1) is 0 Å². The Balaban J connectivity index is 3.36. The summed E-state index contributed by atoms with van der Waals surface area (Å²) in [4.78, 5) is 11.3. The molecule has 0 heterocycles. The van der Waals surface area contributed by atoms with Crippen LogP contribution in [0.25, 0.3) is 0 Å². The number of alkyl halides is 16. The van der Waals surface area contributed by atoms with Crippen molar-refractivity contribution in [1.82, 2.24) is 5.32 Å². The Hall–Kier alpha value is -1.85. The van der Waals surface area contributed by atoms with Crippen molar-refractivity contribution in [2.24, 2.45) is 0 Å². The number of nitrogens with one attached hydrogen (secondary N) is 1. The molecule has 1 aliphatic rings. The lowest BCUT2D eigenvalue weighted by molar-refractivity contribution is -0.467. The van der Waals surface area contributed by atoms with Gasteiger partial charge >= 0.3 is 53.7 Å². The first-order valence-electron chi connectivity index (χ1n) is 9.24.